The molecule has 0 amide bonds. The number of aromatic nitrogens is 2. The van der Waals surface area contributed by atoms with Crippen molar-refractivity contribution in [2.24, 2.45) is 4.99 Å². The van der Waals surface area contributed by atoms with Crippen LogP contribution in [0.5, 0.6) is 0 Å². The van der Waals surface area contributed by atoms with E-state index in [0.717, 1.165) is 35.1 Å². The van der Waals surface area contributed by atoms with E-state index in [1.54, 1.807) is 0 Å². The lowest BCUT2D eigenvalue weighted by atomic mass is 9.66. The van der Waals surface area contributed by atoms with Crippen LogP contribution in [0.3, 0.4) is 0 Å². The van der Waals surface area contributed by atoms with Crippen LogP contribution < -0.4 is 4.90 Å². The Morgan fingerprint density at radius 2 is 1.50 bits per heavy atom. The van der Waals surface area contributed by atoms with Crippen molar-refractivity contribution in [3.05, 3.63) is 202 Å². The van der Waals surface area contributed by atoms with Gasteiger partial charge in [-0.25, -0.2) is 4.98 Å². The van der Waals surface area contributed by atoms with E-state index in [0.29, 0.717) is 0 Å². The van der Waals surface area contributed by atoms with Crippen LogP contribution in [0.4, 0.5) is 5.69 Å². The summed E-state index contributed by atoms with van der Waals surface area (Å²) in [7, 11) is 0. The van der Waals surface area contributed by atoms with Crippen LogP contribution >= 0.6 is 0 Å². The second-order valence-corrected chi connectivity index (χ2v) is 15.1. The summed E-state index contributed by atoms with van der Waals surface area (Å²) < 4.78 is 2.43. The SMILES string of the molecule is Cc1c2cccc1C1N=C(c3nc4c(n3-c3ccccc3)-c3cccc5c3C36CC43C=CC=C6C=C5)N(c3ccccc3)C1c1cccc(c1)/C=C\2. The molecule has 2 heterocycles. The Hall–Kier alpha value is -6.26. The minimum Gasteiger partial charge on any atom is -0.314 e. The van der Waals surface area contributed by atoms with E-state index in [1.807, 2.05) is 0 Å². The van der Waals surface area contributed by atoms with Crippen LogP contribution in [-0.4, -0.2) is 15.4 Å². The standard InChI is InChI=1S/C48H34N4/c1-30-32-13-9-21-38(30)41-42(34-15-8-12-31(28-34)23-24-32)51(36-17-4-2-5-18-36)45(49-41)46-50-44-43(52(46)37-19-6-3-7-20-37)39-22-10-14-33-25-26-35-16-11-27-47(44)29-48(35,47)40(33)39/h2-28,41-42H,29H2,1H3/b24-23-. The first-order valence-electron chi connectivity index (χ1n) is 18.4. The molecule has 6 aromatic rings. The molecule has 52 heavy (non-hydrogen) atoms. The lowest BCUT2D eigenvalue weighted by molar-refractivity contribution is 0.608. The van der Waals surface area contributed by atoms with Gasteiger partial charge in [-0.05, 0) is 88.2 Å². The molecule has 0 N–H and O–H groups in total. The van der Waals surface area contributed by atoms with E-state index in [9.17, 15) is 0 Å². The summed E-state index contributed by atoms with van der Waals surface area (Å²) in [6.45, 7) is 2.25. The van der Waals surface area contributed by atoms with Crippen molar-refractivity contribution in [2.75, 3.05) is 4.90 Å². The summed E-state index contributed by atoms with van der Waals surface area (Å²) in [5.41, 5.74) is 15.9. The van der Waals surface area contributed by atoms with Gasteiger partial charge in [0.2, 0.25) is 0 Å². The summed E-state index contributed by atoms with van der Waals surface area (Å²) in [5.74, 6) is 1.78. The van der Waals surface area contributed by atoms with Gasteiger partial charge in [0, 0.05) is 27.8 Å². The topological polar surface area (TPSA) is 33.4 Å². The van der Waals surface area contributed by atoms with Crippen molar-refractivity contribution < 1.29 is 0 Å². The Bertz CT molecular complexity index is 2690. The molecule has 5 aromatic carbocycles. The Kier molecular flexibility index (Phi) is 5.44. The zero-order valence-electron chi connectivity index (χ0n) is 28.7. The van der Waals surface area contributed by atoms with Gasteiger partial charge in [-0.2, -0.15) is 0 Å². The third-order valence-electron chi connectivity index (χ3n) is 12.6. The van der Waals surface area contributed by atoms with E-state index in [-0.39, 0.29) is 22.9 Å². The first kappa shape index (κ1) is 28.4. The number of anilines is 1. The second kappa shape index (κ2) is 9.95. The second-order valence-electron chi connectivity index (χ2n) is 15.1. The van der Waals surface area contributed by atoms with Gasteiger partial charge in [-0.1, -0.05) is 134 Å². The van der Waals surface area contributed by atoms with Gasteiger partial charge in [0.15, 0.2) is 11.7 Å². The van der Waals surface area contributed by atoms with Crippen LogP contribution in [-0.2, 0) is 10.8 Å². The maximum Gasteiger partial charge on any atom is 0.181 e. The average molecular weight is 667 g/mol. The minimum atomic E-state index is -0.200. The van der Waals surface area contributed by atoms with Crippen molar-refractivity contribution in [1.29, 1.82) is 0 Å². The number of hydrogen-bond donors (Lipinski definition) is 0. The van der Waals surface area contributed by atoms with E-state index < -0.39 is 0 Å². The molecule has 0 radical (unpaired) electrons. The summed E-state index contributed by atoms with van der Waals surface area (Å²) in [4.78, 5) is 14.2. The number of nitrogens with zero attached hydrogens (tertiary/aromatic N) is 4. The quantitative estimate of drug-likeness (QED) is 0.188. The lowest BCUT2D eigenvalue weighted by Crippen LogP contribution is -2.34. The molecule has 4 heteroatoms. The molecular formula is C48H34N4. The fourth-order valence-electron chi connectivity index (χ4n) is 10.3. The number of benzene rings is 5. The maximum absolute atomic E-state index is 5.87. The fourth-order valence-corrected chi connectivity index (χ4v) is 10.3. The van der Waals surface area contributed by atoms with Gasteiger partial charge in [-0.3, -0.25) is 9.56 Å². The Balaban J connectivity index is 1.19. The highest BCUT2D eigenvalue weighted by Crippen LogP contribution is 2.77. The van der Waals surface area contributed by atoms with Crippen LogP contribution in [0.1, 0.15) is 69.0 Å². The third-order valence-corrected chi connectivity index (χ3v) is 12.6. The smallest absolute Gasteiger partial charge is 0.181 e. The highest BCUT2D eigenvalue weighted by Gasteiger charge is 2.75. The molecule has 4 bridgehead atoms. The van der Waals surface area contributed by atoms with Crippen molar-refractivity contribution >= 4 is 29.8 Å². The summed E-state index contributed by atoms with van der Waals surface area (Å²) in [5, 5.41) is 0. The molecule has 4 atom stereocenters. The Morgan fingerprint density at radius 1 is 0.731 bits per heavy atom. The van der Waals surface area contributed by atoms with Crippen LogP contribution in [0, 0.1) is 6.92 Å². The van der Waals surface area contributed by atoms with Crippen LogP contribution in [0.2, 0.25) is 0 Å². The number of imidazole rings is 1. The largest absolute Gasteiger partial charge is 0.314 e. The third kappa shape index (κ3) is 3.47. The zero-order chi connectivity index (χ0) is 34.2. The molecule has 1 aliphatic heterocycles. The molecule has 1 fully saturated rings. The molecular weight excluding hydrogens is 633 g/mol. The predicted molar refractivity (Wildman–Crippen MR) is 211 cm³/mol. The molecule has 6 aliphatic rings. The normalized spacial score (nSPS) is 25.3. The Morgan fingerprint density at radius 3 is 2.37 bits per heavy atom. The molecule has 5 aliphatic carbocycles. The van der Waals surface area contributed by atoms with Crippen molar-refractivity contribution in [1.82, 2.24) is 9.55 Å². The molecule has 1 saturated carbocycles. The summed E-state index contributed by atoms with van der Waals surface area (Å²) in [6, 6.07) is 43.9. The number of rotatable bonds is 3. The highest BCUT2D eigenvalue weighted by molar-refractivity contribution is 6.11. The first-order valence-corrected chi connectivity index (χ1v) is 18.4. The monoisotopic (exact) mass is 666 g/mol. The van der Waals surface area contributed by atoms with Gasteiger partial charge in [0.25, 0.3) is 0 Å². The number of hydrogen-bond acceptors (Lipinski definition) is 3. The van der Waals surface area contributed by atoms with Crippen molar-refractivity contribution in [2.45, 2.75) is 36.3 Å². The van der Waals surface area contributed by atoms with Gasteiger partial charge in [0.1, 0.15) is 6.04 Å². The summed E-state index contributed by atoms with van der Waals surface area (Å²) >= 11 is 0. The van der Waals surface area contributed by atoms with Gasteiger partial charge < -0.3 is 4.90 Å². The molecule has 1 aromatic heterocycles. The van der Waals surface area contributed by atoms with Crippen molar-refractivity contribution in [3.8, 4) is 16.9 Å². The number of allylic oxidation sites excluding steroid dienone is 5. The predicted octanol–water partition coefficient (Wildman–Crippen LogP) is 10.5. The highest BCUT2D eigenvalue weighted by atomic mass is 15.3. The molecule has 4 nitrogen and oxygen atoms in total. The minimum absolute atomic E-state index is 0.0789. The molecule has 246 valence electrons. The van der Waals surface area contributed by atoms with Gasteiger partial charge in [-0.15, -0.1) is 0 Å². The number of amidine groups is 1. The molecule has 1 spiro atoms. The van der Waals surface area contributed by atoms with Crippen LogP contribution in [0.25, 0.3) is 35.2 Å². The fraction of sp³-hybridized carbons (Fsp3) is 0.125. The summed E-state index contributed by atoms with van der Waals surface area (Å²) in [6.07, 6.45) is 17.2. The van der Waals surface area contributed by atoms with Gasteiger partial charge >= 0.3 is 0 Å². The van der Waals surface area contributed by atoms with E-state index >= 15 is 0 Å². The Labute approximate surface area is 303 Å². The van der Waals surface area contributed by atoms with E-state index in [1.165, 1.54) is 55.8 Å². The van der Waals surface area contributed by atoms with Crippen molar-refractivity contribution in [3.63, 3.8) is 0 Å². The first-order chi connectivity index (χ1) is 25.7. The molecule has 4 unspecified atom stereocenters. The van der Waals surface area contributed by atoms with Gasteiger partial charge in [0.05, 0.1) is 17.4 Å². The maximum atomic E-state index is 5.87. The zero-order valence-corrected chi connectivity index (χ0v) is 28.7. The molecule has 0 saturated heterocycles. The van der Waals surface area contributed by atoms with Crippen LogP contribution in [0.15, 0.2) is 156 Å². The number of para-hydroxylation sites is 2. The molecule has 12 rings (SSSR count). The number of fused-ring (bicyclic) bond motifs is 9. The number of aliphatic imine (C=N–C) groups is 1. The lowest BCUT2D eigenvalue weighted by Gasteiger charge is -2.37. The average Bonchev–Trinajstić information content (AvgIpc) is 3.51. The van der Waals surface area contributed by atoms with E-state index in [4.69, 9.17) is 9.98 Å². The van der Waals surface area contributed by atoms with E-state index in [2.05, 4.69) is 180 Å².